The predicted molar refractivity (Wildman–Crippen MR) is 161 cm³/mol. The molecule has 2 aliphatic rings. The molecular formula is C32H38N6O3. The molecule has 4 N–H and O–H groups in total. The summed E-state index contributed by atoms with van der Waals surface area (Å²) in [5.74, 6) is 0.520. The van der Waals surface area contributed by atoms with Gasteiger partial charge in [0.05, 0.1) is 6.54 Å². The zero-order valence-corrected chi connectivity index (χ0v) is 23.7. The third-order valence-corrected chi connectivity index (χ3v) is 8.26. The van der Waals surface area contributed by atoms with Crippen molar-refractivity contribution in [2.75, 3.05) is 42.7 Å². The molecule has 0 spiro atoms. The zero-order valence-electron chi connectivity index (χ0n) is 23.7. The lowest BCUT2D eigenvalue weighted by molar-refractivity contribution is -0.129. The van der Waals surface area contributed by atoms with E-state index in [0.717, 1.165) is 42.4 Å². The first-order valence-corrected chi connectivity index (χ1v) is 14.3. The molecule has 2 heterocycles. The third-order valence-electron chi connectivity index (χ3n) is 8.26. The number of carbonyl (C=O) groups excluding carboxylic acids is 3. The average Bonchev–Trinajstić information content (AvgIpc) is 3.36. The van der Waals surface area contributed by atoms with E-state index in [1.807, 2.05) is 43.3 Å². The van der Waals surface area contributed by atoms with Crippen molar-refractivity contribution in [3.63, 3.8) is 0 Å². The van der Waals surface area contributed by atoms with Gasteiger partial charge >= 0.3 is 0 Å². The fourth-order valence-electron chi connectivity index (χ4n) is 5.78. The van der Waals surface area contributed by atoms with E-state index in [1.165, 1.54) is 0 Å². The number of Topliss-reactive ketones (excluding diaryl/α,β-unsaturated/α-hetero) is 2. The lowest BCUT2D eigenvalue weighted by Crippen LogP contribution is -2.31. The monoisotopic (exact) mass is 554 g/mol. The molecule has 41 heavy (non-hydrogen) atoms. The number of nitrogens with zero attached hydrogens (tertiary/aromatic N) is 3. The molecule has 0 radical (unpaired) electrons. The van der Waals surface area contributed by atoms with Gasteiger partial charge in [-0.3, -0.25) is 14.4 Å². The number of rotatable bonds is 10. The van der Waals surface area contributed by atoms with E-state index >= 15 is 0 Å². The predicted octanol–water partition coefficient (Wildman–Crippen LogP) is 4.34. The highest BCUT2D eigenvalue weighted by molar-refractivity contribution is 6.09. The van der Waals surface area contributed by atoms with Crippen LogP contribution in [0.5, 0.6) is 0 Å². The Bertz CT molecular complexity index is 1410. The second-order valence-corrected chi connectivity index (χ2v) is 11.4. The first kappa shape index (κ1) is 28.4. The van der Waals surface area contributed by atoms with E-state index in [1.54, 1.807) is 30.6 Å². The average molecular weight is 555 g/mol. The third kappa shape index (κ3) is 6.79. The minimum absolute atomic E-state index is 0.0259. The topological polar surface area (TPSA) is 130 Å². The van der Waals surface area contributed by atoms with Crippen LogP contribution in [0, 0.1) is 17.8 Å². The Kier molecular flexibility index (Phi) is 8.73. The highest BCUT2D eigenvalue weighted by Gasteiger charge is 2.30. The van der Waals surface area contributed by atoms with Crippen molar-refractivity contribution in [3.8, 4) is 11.1 Å². The Morgan fingerprint density at radius 2 is 1.80 bits per heavy atom. The van der Waals surface area contributed by atoms with Crippen LogP contribution in [0.3, 0.4) is 0 Å². The van der Waals surface area contributed by atoms with Crippen LogP contribution in [0.25, 0.3) is 11.1 Å². The number of anilines is 3. The summed E-state index contributed by atoms with van der Waals surface area (Å²) in [5.41, 5.74) is 10.6. The molecule has 5 rings (SSSR count). The number of hydrogen-bond acceptors (Lipinski definition) is 8. The number of amides is 1. The quantitative estimate of drug-likeness (QED) is 0.337. The van der Waals surface area contributed by atoms with E-state index in [-0.39, 0.29) is 36.4 Å². The minimum Gasteiger partial charge on any atom is -0.377 e. The van der Waals surface area contributed by atoms with Crippen LogP contribution in [0.4, 0.5) is 17.3 Å². The molecule has 1 saturated carbocycles. The Labute approximate surface area is 240 Å². The number of aromatic nitrogens is 2. The molecule has 1 aromatic heterocycles. The second kappa shape index (κ2) is 12.6. The molecule has 0 saturated heterocycles. The maximum absolute atomic E-state index is 13.7. The number of carbonyl (C=O) groups is 3. The number of ketones is 2. The van der Waals surface area contributed by atoms with Gasteiger partial charge in [0.15, 0.2) is 5.78 Å². The normalized spacial score (nSPS) is 18.8. The first-order valence-electron chi connectivity index (χ1n) is 14.3. The summed E-state index contributed by atoms with van der Waals surface area (Å²) < 4.78 is 0. The van der Waals surface area contributed by atoms with Gasteiger partial charge in [-0.25, -0.2) is 9.97 Å². The molecule has 1 aliphatic carbocycles. The van der Waals surface area contributed by atoms with Crippen LogP contribution < -0.4 is 21.3 Å². The van der Waals surface area contributed by atoms with E-state index in [2.05, 4.69) is 20.6 Å². The molecule has 0 unspecified atom stereocenters. The van der Waals surface area contributed by atoms with Crippen LogP contribution in [0.2, 0.25) is 0 Å². The highest BCUT2D eigenvalue weighted by atomic mass is 16.2. The Morgan fingerprint density at radius 3 is 2.51 bits per heavy atom. The van der Waals surface area contributed by atoms with Crippen molar-refractivity contribution < 1.29 is 14.4 Å². The Balaban J connectivity index is 1.34. The highest BCUT2D eigenvalue weighted by Crippen LogP contribution is 2.32. The summed E-state index contributed by atoms with van der Waals surface area (Å²) in [5, 5.41) is 6.08. The fourth-order valence-corrected chi connectivity index (χ4v) is 5.78. The van der Waals surface area contributed by atoms with Gasteiger partial charge in [0.2, 0.25) is 11.9 Å². The van der Waals surface area contributed by atoms with Gasteiger partial charge in [-0.15, -0.1) is 0 Å². The van der Waals surface area contributed by atoms with Crippen LogP contribution in [0.15, 0.2) is 54.9 Å². The standard InChI is InChI=1S/C32H38N6O3/c1-38(2)32-35-17-25(18-36-32)23-5-3-4-21(12-23)13-24(14-29(39)22-8-6-20(16-33)7-9-22)31(41)37-26-10-11-27-28(15-26)34-19-30(27)40/h3-5,10-12,15,17-18,20,22,24,34H,6-9,13-14,16,19,33H2,1-2H3,(H,37,41)/t20?,22?,24-/m1/s1. The lowest BCUT2D eigenvalue weighted by atomic mass is 9.77. The molecule has 3 aromatic rings. The summed E-state index contributed by atoms with van der Waals surface area (Å²) >= 11 is 0. The minimum atomic E-state index is -0.541. The number of hydrogen-bond donors (Lipinski definition) is 3. The van der Waals surface area contributed by atoms with Crippen molar-refractivity contribution in [2.24, 2.45) is 23.5 Å². The lowest BCUT2D eigenvalue weighted by Gasteiger charge is -2.27. The van der Waals surface area contributed by atoms with E-state index in [4.69, 9.17) is 5.73 Å². The largest absolute Gasteiger partial charge is 0.377 e. The molecule has 9 heteroatoms. The molecule has 214 valence electrons. The number of nitrogens with two attached hydrogens (primary N) is 1. The number of nitrogens with one attached hydrogen (secondary N) is 2. The smallest absolute Gasteiger partial charge is 0.228 e. The maximum Gasteiger partial charge on any atom is 0.228 e. The summed E-state index contributed by atoms with van der Waals surface area (Å²) in [6.45, 7) is 0.919. The zero-order chi connectivity index (χ0) is 28.9. The summed E-state index contributed by atoms with van der Waals surface area (Å²) in [6, 6.07) is 13.2. The Morgan fingerprint density at radius 1 is 1.05 bits per heavy atom. The number of benzene rings is 2. The van der Waals surface area contributed by atoms with E-state index in [0.29, 0.717) is 41.8 Å². The molecule has 1 atom stereocenters. The van der Waals surface area contributed by atoms with Crippen molar-refractivity contribution in [2.45, 2.75) is 38.5 Å². The van der Waals surface area contributed by atoms with Gasteiger partial charge in [-0.2, -0.15) is 0 Å². The van der Waals surface area contributed by atoms with Gasteiger partial charge in [-0.05, 0) is 73.9 Å². The van der Waals surface area contributed by atoms with Gasteiger partial charge in [0.25, 0.3) is 0 Å². The maximum atomic E-state index is 13.7. The van der Waals surface area contributed by atoms with Crippen molar-refractivity contribution >= 4 is 34.8 Å². The van der Waals surface area contributed by atoms with E-state index in [9.17, 15) is 14.4 Å². The molecule has 2 aromatic carbocycles. The molecule has 1 aliphatic heterocycles. The van der Waals surface area contributed by atoms with Gasteiger partial charge in [0.1, 0.15) is 5.78 Å². The van der Waals surface area contributed by atoms with Gasteiger partial charge in [0, 0.05) is 67.2 Å². The second-order valence-electron chi connectivity index (χ2n) is 11.4. The van der Waals surface area contributed by atoms with Crippen LogP contribution in [-0.4, -0.2) is 54.6 Å². The molecular weight excluding hydrogens is 516 g/mol. The number of fused-ring (bicyclic) bond motifs is 1. The van der Waals surface area contributed by atoms with Gasteiger partial charge < -0.3 is 21.3 Å². The van der Waals surface area contributed by atoms with Crippen molar-refractivity contribution in [1.82, 2.24) is 9.97 Å². The summed E-state index contributed by atoms with van der Waals surface area (Å²) in [6.07, 6.45) is 7.76. The fraction of sp³-hybridized carbons (Fsp3) is 0.406. The van der Waals surface area contributed by atoms with Crippen molar-refractivity contribution in [1.29, 1.82) is 0 Å². The molecule has 0 bridgehead atoms. The van der Waals surface area contributed by atoms with Crippen molar-refractivity contribution in [3.05, 3.63) is 66.0 Å². The van der Waals surface area contributed by atoms with Crippen LogP contribution in [0.1, 0.15) is 48.0 Å². The van der Waals surface area contributed by atoms with E-state index < -0.39 is 5.92 Å². The molecule has 1 amide bonds. The summed E-state index contributed by atoms with van der Waals surface area (Å²) in [4.78, 5) is 49.8. The Hall–Kier alpha value is -4.11. The molecule has 1 fully saturated rings. The summed E-state index contributed by atoms with van der Waals surface area (Å²) in [7, 11) is 3.79. The first-order chi connectivity index (χ1) is 19.8. The van der Waals surface area contributed by atoms with Crippen LogP contribution in [-0.2, 0) is 16.0 Å². The SMILES string of the molecule is CN(C)c1ncc(-c2cccc(C[C@H](CC(=O)C3CCC(CN)CC3)C(=O)Nc3ccc4c(c3)NCC4=O)c2)cn1. The van der Waals surface area contributed by atoms with Gasteiger partial charge in [-0.1, -0.05) is 24.3 Å². The molecule has 9 nitrogen and oxygen atoms in total. The van der Waals surface area contributed by atoms with Crippen LogP contribution >= 0.6 is 0 Å².